The third kappa shape index (κ3) is 3.34. The first kappa shape index (κ1) is 17.8. The molecule has 2 heterocycles. The Morgan fingerprint density at radius 3 is 2.77 bits per heavy atom. The molecule has 0 unspecified atom stereocenters. The van der Waals surface area contributed by atoms with Crippen LogP contribution in [-0.4, -0.2) is 47.2 Å². The number of carbonyl (C=O) groups excluding carboxylic acids is 1. The molecule has 3 atom stereocenters. The van der Waals surface area contributed by atoms with Crippen molar-refractivity contribution in [2.24, 2.45) is 5.92 Å². The Balaban J connectivity index is 1.48. The fraction of sp³-hybridized carbons (Fsp3) is 0.714. The molecule has 0 radical (unpaired) electrons. The maximum atomic E-state index is 13.2. The highest BCUT2D eigenvalue weighted by Crippen LogP contribution is 2.44. The second-order valence-corrected chi connectivity index (χ2v) is 8.08. The van der Waals surface area contributed by atoms with E-state index in [1.54, 1.807) is 6.20 Å². The van der Waals surface area contributed by atoms with E-state index >= 15 is 0 Å². The number of likely N-dealkylation sites (tertiary alicyclic amines) is 1. The van der Waals surface area contributed by atoms with Gasteiger partial charge in [0.2, 0.25) is 11.8 Å². The summed E-state index contributed by atoms with van der Waals surface area (Å²) < 4.78 is 12.1. The Kier molecular flexibility index (Phi) is 5.16. The van der Waals surface area contributed by atoms with Crippen LogP contribution < -0.4 is 4.74 Å². The molecule has 4 rings (SSSR count). The molecule has 5 nitrogen and oxygen atoms in total. The van der Waals surface area contributed by atoms with Crippen LogP contribution >= 0.6 is 0 Å². The fourth-order valence-corrected chi connectivity index (χ4v) is 5.20. The second-order valence-electron chi connectivity index (χ2n) is 8.08. The largest absolute Gasteiger partial charge is 0.474 e. The van der Waals surface area contributed by atoms with Gasteiger partial charge in [0.15, 0.2) is 0 Å². The van der Waals surface area contributed by atoms with Gasteiger partial charge in [-0.3, -0.25) is 4.79 Å². The Morgan fingerprint density at radius 2 is 2.04 bits per heavy atom. The van der Waals surface area contributed by atoms with Crippen LogP contribution in [-0.2, 0) is 9.53 Å². The first-order valence-electron chi connectivity index (χ1n) is 10.2. The van der Waals surface area contributed by atoms with Gasteiger partial charge in [0.25, 0.3) is 0 Å². The lowest BCUT2D eigenvalue weighted by atomic mass is 9.78. The van der Waals surface area contributed by atoms with Crippen molar-refractivity contribution in [2.45, 2.75) is 75.5 Å². The predicted molar refractivity (Wildman–Crippen MR) is 98.9 cm³/mol. The summed E-state index contributed by atoms with van der Waals surface area (Å²) >= 11 is 0. The molecule has 2 aliphatic carbocycles. The molecule has 1 saturated heterocycles. The van der Waals surface area contributed by atoms with E-state index in [4.69, 9.17) is 9.47 Å². The van der Waals surface area contributed by atoms with Gasteiger partial charge in [0.05, 0.1) is 11.6 Å². The molecule has 1 aromatic rings. The fourth-order valence-electron chi connectivity index (χ4n) is 5.20. The molecule has 0 N–H and O–H groups in total. The molecule has 3 aliphatic rings. The zero-order valence-corrected chi connectivity index (χ0v) is 15.7. The average molecular weight is 358 g/mol. The maximum absolute atomic E-state index is 13.2. The normalized spacial score (nSPS) is 32.3. The molecule has 2 saturated carbocycles. The molecule has 142 valence electrons. The zero-order chi connectivity index (χ0) is 18.0. The number of ether oxygens (including phenoxy) is 2. The van der Waals surface area contributed by atoms with Crippen molar-refractivity contribution in [2.75, 3.05) is 13.7 Å². The highest BCUT2D eigenvalue weighted by atomic mass is 16.5. The molecule has 0 spiro atoms. The molecule has 1 aromatic heterocycles. The van der Waals surface area contributed by atoms with Crippen molar-refractivity contribution < 1.29 is 14.3 Å². The standard InChI is InChI=1S/C21H30N2O3/c1-25-21-11-10-17(26-19-9-5-6-13-22-19)15-18(21)23(14-12-21)20(24)16-7-3-2-4-8-16/h5-6,9,13,16-18H,2-4,7-8,10-12,14-15H2,1H3/t17-,18+,21-/m1/s1. The van der Waals surface area contributed by atoms with Gasteiger partial charge in [-0.25, -0.2) is 4.98 Å². The Labute approximate surface area is 156 Å². The third-order valence-electron chi connectivity index (χ3n) is 6.70. The molecule has 1 aliphatic heterocycles. The van der Waals surface area contributed by atoms with Crippen LogP contribution in [0.2, 0.25) is 0 Å². The van der Waals surface area contributed by atoms with Gasteiger partial charge in [-0.2, -0.15) is 0 Å². The van der Waals surface area contributed by atoms with E-state index in [0.29, 0.717) is 11.8 Å². The average Bonchev–Trinajstić information content (AvgIpc) is 3.08. The van der Waals surface area contributed by atoms with Crippen LogP contribution in [0, 0.1) is 5.92 Å². The second kappa shape index (κ2) is 7.55. The number of methoxy groups -OCH3 is 1. The number of aromatic nitrogens is 1. The summed E-state index contributed by atoms with van der Waals surface area (Å²) in [5.74, 6) is 1.24. The minimum atomic E-state index is -0.186. The van der Waals surface area contributed by atoms with Gasteiger partial charge in [0, 0.05) is 38.3 Å². The Morgan fingerprint density at radius 1 is 1.19 bits per heavy atom. The van der Waals surface area contributed by atoms with Crippen LogP contribution in [0.4, 0.5) is 0 Å². The lowest BCUT2D eigenvalue weighted by Crippen LogP contribution is -2.54. The van der Waals surface area contributed by atoms with E-state index in [0.717, 1.165) is 45.1 Å². The van der Waals surface area contributed by atoms with Crippen LogP contribution in [0.15, 0.2) is 24.4 Å². The lowest BCUT2D eigenvalue weighted by Gasteiger charge is -2.44. The van der Waals surface area contributed by atoms with Gasteiger partial charge in [0.1, 0.15) is 6.10 Å². The highest BCUT2D eigenvalue weighted by Gasteiger charge is 2.53. The van der Waals surface area contributed by atoms with E-state index in [9.17, 15) is 4.79 Å². The quantitative estimate of drug-likeness (QED) is 0.825. The first-order valence-corrected chi connectivity index (χ1v) is 10.2. The van der Waals surface area contributed by atoms with E-state index in [-0.39, 0.29) is 23.7 Å². The third-order valence-corrected chi connectivity index (χ3v) is 6.70. The number of carbonyl (C=O) groups is 1. The van der Waals surface area contributed by atoms with Crippen molar-refractivity contribution in [3.63, 3.8) is 0 Å². The smallest absolute Gasteiger partial charge is 0.226 e. The summed E-state index contributed by atoms with van der Waals surface area (Å²) in [6.45, 7) is 0.824. The van der Waals surface area contributed by atoms with Crippen molar-refractivity contribution >= 4 is 5.91 Å². The number of hydrogen-bond donors (Lipinski definition) is 0. The van der Waals surface area contributed by atoms with Crippen molar-refractivity contribution in [3.8, 4) is 5.88 Å². The van der Waals surface area contributed by atoms with E-state index < -0.39 is 0 Å². The topological polar surface area (TPSA) is 51.7 Å². The van der Waals surface area contributed by atoms with Crippen LogP contribution in [0.25, 0.3) is 0 Å². The van der Waals surface area contributed by atoms with Crippen molar-refractivity contribution in [3.05, 3.63) is 24.4 Å². The van der Waals surface area contributed by atoms with Crippen molar-refractivity contribution in [1.82, 2.24) is 9.88 Å². The SMILES string of the molecule is CO[C@@]12CC[C@@H](Oc3ccccn3)C[C@@H]1N(C(=O)C1CCCCC1)CC2. The van der Waals surface area contributed by atoms with Crippen LogP contribution in [0.3, 0.4) is 0 Å². The molecule has 3 fully saturated rings. The van der Waals surface area contributed by atoms with Crippen LogP contribution in [0.5, 0.6) is 5.88 Å². The Hall–Kier alpha value is -1.62. The van der Waals surface area contributed by atoms with E-state index in [1.165, 1.54) is 19.3 Å². The molecule has 26 heavy (non-hydrogen) atoms. The number of amides is 1. The van der Waals surface area contributed by atoms with Gasteiger partial charge >= 0.3 is 0 Å². The number of nitrogens with zero attached hydrogens (tertiary/aromatic N) is 2. The van der Waals surface area contributed by atoms with Gasteiger partial charge in [-0.15, -0.1) is 0 Å². The number of rotatable bonds is 4. The first-order chi connectivity index (χ1) is 12.7. The summed E-state index contributed by atoms with van der Waals surface area (Å²) in [7, 11) is 1.81. The molecule has 1 amide bonds. The summed E-state index contributed by atoms with van der Waals surface area (Å²) in [5, 5.41) is 0. The summed E-state index contributed by atoms with van der Waals surface area (Å²) in [4.78, 5) is 19.6. The summed E-state index contributed by atoms with van der Waals surface area (Å²) in [6, 6.07) is 5.87. The maximum Gasteiger partial charge on any atom is 0.226 e. The van der Waals surface area contributed by atoms with Crippen LogP contribution in [0.1, 0.15) is 57.8 Å². The molecular weight excluding hydrogens is 328 g/mol. The number of pyridine rings is 1. The number of hydrogen-bond acceptors (Lipinski definition) is 4. The Bertz CT molecular complexity index is 617. The monoisotopic (exact) mass is 358 g/mol. The number of fused-ring (bicyclic) bond motifs is 1. The lowest BCUT2D eigenvalue weighted by molar-refractivity contribution is -0.144. The molecule has 0 aromatic carbocycles. The summed E-state index contributed by atoms with van der Waals surface area (Å²) in [6.07, 6.45) is 11.3. The van der Waals surface area contributed by atoms with Gasteiger partial charge in [-0.1, -0.05) is 25.3 Å². The zero-order valence-electron chi connectivity index (χ0n) is 15.7. The molecule has 0 bridgehead atoms. The highest BCUT2D eigenvalue weighted by molar-refractivity contribution is 5.79. The van der Waals surface area contributed by atoms with Crippen molar-refractivity contribution in [1.29, 1.82) is 0 Å². The van der Waals surface area contributed by atoms with E-state index in [1.807, 2.05) is 25.3 Å². The van der Waals surface area contributed by atoms with Gasteiger partial charge < -0.3 is 14.4 Å². The van der Waals surface area contributed by atoms with E-state index in [2.05, 4.69) is 9.88 Å². The molecule has 5 heteroatoms. The van der Waals surface area contributed by atoms with Gasteiger partial charge in [-0.05, 0) is 38.2 Å². The summed E-state index contributed by atoms with van der Waals surface area (Å²) in [5.41, 5.74) is -0.186. The minimum absolute atomic E-state index is 0.0953. The predicted octanol–water partition coefficient (Wildman–Crippen LogP) is 3.58. The molecular formula is C21H30N2O3. The minimum Gasteiger partial charge on any atom is -0.474 e.